The summed E-state index contributed by atoms with van der Waals surface area (Å²) in [5.74, 6) is 0. The molecule has 0 heterocycles. The third-order valence-electron chi connectivity index (χ3n) is 2.11. The molecule has 0 spiro atoms. The summed E-state index contributed by atoms with van der Waals surface area (Å²) in [5.41, 5.74) is 0. The Balaban J connectivity index is 0. The monoisotopic (exact) mass is 300 g/mol. The highest BCUT2D eigenvalue weighted by Crippen LogP contribution is 2.04. The molecular formula is C10H28O6Si2. The summed E-state index contributed by atoms with van der Waals surface area (Å²) < 4.78 is 25.3. The fourth-order valence-corrected chi connectivity index (χ4v) is 3.54. The first-order chi connectivity index (χ1) is 8.36. The molecule has 8 heteroatoms. The Morgan fingerprint density at radius 3 is 1.28 bits per heavy atom. The van der Waals surface area contributed by atoms with Crippen LogP contribution in [0.3, 0.4) is 0 Å². The maximum atomic E-state index is 8.66. The molecule has 112 valence electrons. The van der Waals surface area contributed by atoms with Crippen LogP contribution in [0.25, 0.3) is 0 Å². The lowest BCUT2D eigenvalue weighted by Gasteiger charge is -2.21. The first-order valence-electron chi connectivity index (χ1n) is 5.91. The second-order valence-corrected chi connectivity index (χ2v) is 10.0. The van der Waals surface area contributed by atoms with Crippen LogP contribution in [0, 0.1) is 0 Å². The van der Waals surface area contributed by atoms with E-state index in [4.69, 9.17) is 27.2 Å². The predicted molar refractivity (Wildman–Crippen MR) is 74.6 cm³/mol. The van der Waals surface area contributed by atoms with Gasteiger partial charge in [-0.3, -0.25) is 0 Å². The molecule has 0 aliphatic rings. The van der Waals surface area contributed by atoms with Gasteiger partial charge >= 0.3 is 17.4 Å². The third-order valence-corrected chi connectivity index (χ3v) is 6.33. The minimum absolute atomic E-state index is 0.184. The maximum absolute atomic E-state index is 8.66. The van der Waals surface area contributed by atoms with Crippen LogP contribution >= 0.6 is 0 Å². The molecule has 0 fully saturated rings. The standard InChI is InChI=1S/C6H16O2Si.C4H12O4Si/c1-5-7-9(3,4)8-6-2;1-6-9(4-5,7-2)8-3/h5-6H2,1-4H3;5H,4H2,1-3H3. The molecule has 1 N–H and O–H groups in total. The van der Waals surface area contributed by atoms with Crippen molar-refractivity contribution in [3.63, 3.8) is 0 Å². The minimum atomic E-state index is -2.64. The van der Waals surface area contributed by atoms with E-state index in [1.807, 2.05) is 13.8 Å². The van der Waals surface area contributed by atoms with Gasteiger partial charge in [-0.05, 0) is 26.9 Å². The zero-order chi connectivity index (χ0) is 14.7. The summed E-state index contributed by atoms with van der Waals surface area (Å²) in [6.45, 7) is 9.62. The molecule has 6 nitrogen and oxygen atoms in total. The average molecular weight is 300 g/mol. The molecule has 0 aromatic heterocycles. The average Bonchev–Trinajstić information content (AvgIpc) is 2.33. The van der Waals surface area contributed by atoms with Gasteiger partial charge in [-0.25, -0.2) is 0 Å². The van der Waals surface area contributed by atoms with Crippen molar-refractivity contribution in [2.45, 2.75) is 26.9 Å². The van der Waals surface area contributed by atoms with Crippen molar-refractivity contribution < 1.29 is 27.2 Å². The van der Waals surface area contributed by atoms with E-state index >= 15 is 0 Å². The van der Waals surface area contributed by atoms with Gasteiger partial charge in [-0.2, -0.15) is 0 Å². The number of aliphatic hydroxyl groups excluding tert-OH is 1. The van der Waals surface area contributed by atoms with Crippen LogP contribution in [0.5, 0.6) is 0 Å². The molecule has 18 heavy (non-hydrogen) atoms. The van der Waals surface area contributed by atoms with E-state index in [9.17, 15) is 0 Å². The summed E-state index contributed by atoms with van der Waals surface area (Å²) in [6.07, 6.45) is -0.184. The van der Waals surface area contributed by atoms with Crippen molar-refractivity contribution in [2.75, 3.05) is 40.8 Å². The Morgan fingerprint density at radius 2 is 1.17 bits per heavy atom. The second-order valence-electron chi connectivity index (χ2n) is 3.72. The first-order valence-corrected chi connectivity index (χ1v) is 10.7. The first kappa shape index (κ1) is 20.5. The van der Waals surface area contributed by atoms with Gasteiger partial charge < -0.3 is 27.2 Å². The molecule has 0 aliphatic heterocycles. The smallest absolute Gasteiger partial charge is 0.395 e. The fourth-order valence-electron chi connectivity index (χ4n) is 1.18. The van der Waals surface area contributed by atoms with Gasteiger partial charge in [0.15, 0.2) is 0 Å². The van der Waals surface area contributed by atoms with Crippen molar-refractivity contribution in [1.29, 1.82) is 0 Å². The van der Waals surface area contributed by atoms with Gasteiger partial charge in [-0.1, -0.05) is 0 Å². The molecule has 0 atom stereocenters. The molecule has 0 saturated heterocycles. The fraction of sp³-hybridized carbons (Fsp3) is 1.00. The molecule has 0 saturated carbocycles. The van der Waals surface area contributed by atoms with Gasteiger partial charge in [0, 0.05) is 34.5 Å². The van der Waals surface area contributed by atoms with Crippen LogP contribution < -0.4 is 0 Å². The Bertz CT molecular complexity index is 162. The van der Waals surface area contributed by atoms with Crippen molar-refractivity contribution in [2.24, 2.45) is 0 Å². The van der Waals surface area contributed by atoms with E-state index in [0.717, 1.165) is 13.2 Å². The predicted octanol–water partition coefficient (Wildman–Crippen LogP) is 1.16. The summed E-state index contributed by atoms with van der Waals surface area (Å²) in [5, 5.41) is 8.66. The van der Waals surface area contributed by atoms with Crippen molar-refractivity contribution in [3.05, 3.63) is 0 Å². The van der Waals surface area contributed by atoms with E-state index in [1.54, 1.807) is 0 Å². The van der Waals surface area contributed by atoms with Gasteiger partial charge in [0.2, 0.25) is 0 Å². The maximum Gasteiger partial charge on any atom is 0.527 e. The quantitative estimate of drug-likeness (QED) is 0.679. The van der Waals surface area contributed by atoms with E-state index in [2.05, 4.69) is 13.1 Å². The Morgan fingerprint density at radius 1 is 0.833 bits per heavy atom. The van der Waals surface area contributed by atoms with E-state index in [1.165, 1.54) is 21.3 Å². The minimum Gasteiger partial charge on any atom is -0.395 e. The van der Waals surface area contributed by atoms with Crippen LogP contribution in [-0.2, 0) is 22.1 Å². The van der Waals surface area contributed by atoms with Crippen LogP contribution in [0.1, 0.15) is 13.8 Å². The van der Waals surface area contributed by atoms with Gasteiger partial charge in [0.1, 0.15) is 6.23 Å². The molecule has 0 radical (unpaired) electrons. The SMILES string of the molecule is CCO[Si](C)(C)OCC.CO[Si](CO)(OC)OC. The summed E-state index contributed by atoms with van der Waals surface area (Å²) in [4.78, 5) is 0. The Kier molecular flexibility index (Phi) is 12.6. The Labute approximate surface area is 113 Å². The highest BCUT2D eigenvalue weighted by Gasteiger charge is 2.36. The van der Waals surface area contributed by atoms with Gasteiger partial charge in [0.05, 0.1) is 0 Å². The number of hydrogen-bond acceptors (Lipinski definition) is 6. The lowest BCUT2D eigenvalue weighted by atomic mass is 10.9. The highest BCUT2D eigenvalue weighted by molar-refractivity contribution is 6.64. The molecular weight excluding hydrogens is 272 g/mol. The van der Waals surface area contributed by atoms with Crippen molar-refractivity contribution in [1.82, 2.24) is 0 Å². The lowest BCUT2D eigenvalue weighted by Crippen LogP contribution is -2.47. The molecule has 0 unspecified atom stereocenters. The third kappa shape index (κ3) is 9.17. The normalized spacial score (nSPS) is 12.0. The molecule has 0 aromatic rings. The molecule has 0 aromatic carbocycles. The zero-order valence-corrected chi connectivity index (χ0v) is 14.6. The largest absolute Gasteiger partial charge is 0.527 e. The van der Waals surface area contributed by atoms with E-state index < -0.39 is 17.4 Å². The molecule has 0 rings (SSSR count). The van der Waals surface area contributed by atoms with Gasteiger partial charge in [-0.15, -0.1) is 0 Å². The highest BCUT2D eigenvalue weighted by atomic mass is 28.4. The number of rotatable bonds is 8. The topological polar surface area (TPSA) is 66.4 Å². The van der Waals surface area contributed by atoms with E-state index in [0.29, 0.717) is 0 Å². The van der Waals surface area contributed by atoms with Gasteiger partial charge in [0.25, 0.3) is 0 Å². The van der Waals surface area contributed by atoms with Crippen molar-refractivity contribution in [3.8, 4) is 0 Å². The van der Waals surface area contributed by atoms with E-state index in [-0.39, 0.29) is 6.23 Å². The second kappa shape index (κ2) is 11.1. The zero-order valence-electron chi connectivity index (χ0n) is 12.6. The Hall–Kier alpha value is 0.194. The molecule has 0 bridgehead atoms. The molecule has 0 aliphatic carbocycles. The summed E-state index contributed by atoms with van der Waals surface area (Å²) in [6, 6.07) is 0. The van der Waals surface area contributed by atoms with Crippen LogP contribution in [0.2, 0.25) is 13.1 Å². The van der Waals surface area contributed by atoms with Crippen LogP contribution in [0.4, 0.5) is 0 Å². The number of aliphatic hydroxyl groups is 1. The molecule has 0 amide bonds. The lowest BCUT2D eigenvalue weighted by molar-refractivity contribution is 0.0953. The summed E-state index contributed by atoms with van der Waals surface area (Å²) in [7, 11) is 0.0223. The number of hydrogen-bond donors (Lipinski definition) is 1. The van der Waals surface area contributed by atoms with Crippen LogP contribution in [0.15, 0.2) is 0 Å². The summed E-state index contributed by atoms with van der Waals surface area (Å²) >= 11 is 0. The van der Waals surface area contributed by atoms with Crippen molar-refractivity contribution >= 4 is 17.4 Å². The van der Waals surface area contributed by atoms with Crippen LogP contribution in [-0.4, -0.2) is 63.2 Å².